The first-order valence-corrected chi connectivity index (χ1v) is 10.7. The maximum atomic E-state index is 14.4. The molecule has 1 amide bonds. The Balaban J connectivity index is 2.41. The number of amides is 1. The molecule has 0 spiro atoms. The van der Waals surface area contributed by atoms with Crippen LogP contribution in [-0.4, -0.2) is 44.3 Å². The number of hydrogen-bond donors (Lipinski definition) is 1. The van der Waals surface area contributed by atoms with Gasteiger partial charge in [0.2, 0.25) is 0 Å². The number of likely N-dealkylation sites (N-methyl/N-ethyl adjacent to an activating group) is 1. The number of nitrogens with one attached hydrogen (secondary N) is 1. The van der Waals surface area contributed by atoms with Crippen molar-refractivity contribution in [2.24, 2.45) is 15.5 Å². The van der Waals surface area contributed by atoms with Crippen molar-refractivity contribution >= 4 is 23.0 Å². The summed E-state index contributed by atoms with van der Waals surface area (Å²) in [6, 6.07) is 9.93. The van der Waals surface area contributed by atoms with Crippen LogP contribution in [0.5, 0.6) is 0 Å². The second kappa shape index (κ2) is 12.0. The molecule has 10 heteroatoms. The molecular weight excluding hydrogens is 458 g/mol. The molecule has 188 valence electrons. The minimum Gasteiger partial charge on any atom is -0.399 e. The summed E-state index contributed by atoms with van der Waals surface area (Å²) in [5.74, 6) is -3.56. The highest BCUT2D eigenvalue weighted by molar-refractivity contribution is 6.45. The van der Waals surface area contributed by atoms with Crippen molar-refractivity contribution in [2.75, 3.05) is 21.3 Å². The SMILES string of the molecule is CNC(=O)/C(=N/OC)c1cccc(C)c1CO/N=C(\C)c1ccc(/C(C)=N\OC)cc1C(C)(F)F. The van der Waals surface area contributed by atoms with Crippen LogP contribution >= 0.6 is 0 Å². The lowest BCUT2D eigenvalue weighted by molar-refractivity contribution is -0.114. The van der Waals surface area contributed by atoms with Crippen LogP contribution in [0.15, 0.2) is 51.9 Å². The summed E-state index contributed by atoms with van der Waals surface area (Å²) in [5.41, 5.74) is 3.34. The number of hydrogen-bond acceptors (Lipinski definition) is 7. The molecule has 0 bridgehead atoms. The van der Waals surface area contributed by atoms with Gasteiger partial charge in [0.25, 0.3) is 11.8 Å². The number of halogens is 2. The number of carbonyl (C=O) groups is 1. The van der Waals surface area contributed by atoms with Crippen molar-refractivity contribution in [3.63, 3.8) is 0 Å². The zero-order valence-electron chi connectivity index (χ0n) is 20.9. The Morgan fingerprint density at radius 2 is 1.69 bits per heavy atom. The van der Waals surface area contributed by atoms with E-state index in [-0.39, 0.29) is 29.2 Å². The lowest BCUT2D eigenvalue weighted by atomic mass is 9.95. The fourth-order valence-electron chi connectivity index (χ4n) is 3.42. The first-order valence-electron chi connectivity index (χ1n) is 10.7. The molecule has 0 unspecified atom stereocenters. The first-order chi connectivity index (χ1) is 16.5. The third-order valence-corrected chi connectivity index (χ3v) is 5.23. The summed E-state index contributed by atoms with van der Waals surface area (Å²) >= 11 is 0. The van der Waals surface area contributed by atoms with E-state index in [9.17, 15) is 13.6 Å². The Morgan fingerprint density at radius 3 is 2.29 bits per heavy atom. The van der Waals surface area contributed by atoms with Crippen LogP contribution in [-0.2, 0) is 31.8 Å². The van der Waals surface area contributed by atoms with E-state index < -0.39 is 11.8 Å². The predicted molar refractivity (Wildman–Crippen MR) is 131 cm³/mol. The van der Waals surface area contributed by atoms with E-state index in [0.717, 1.165) is 12.5 Å². The quantitative estimate of drug-likeness (QED) is 0.393. The van der Waals surface area contributed by atoms with Crippen molar-refractivity contribution < 1.29 is 28.1 Å². The third-order valence-electron chi connectivity index (χ3n) is 5.23. The zero-order valence-corrected chi connectivity index (χ0v) is 20.9. The Morgan fingerprint density at radius 1 is 1.00 bits per heavy atom. The number of alkyl halides is 2. The molecule has 0 saturated carbocycles. The highest BCUT2D eigenvalue weighted by atomic mass is 19.3. The van der Waals surface area contributed by atoms with Crippen LogP contribution in [0.25, 0.3) is 0 Å². The standard InChI is InChI=1S/C25H30F2N4O4/c1-15-9-8-10-20(23(31-34-7)24(32)28-5)21(15)14-35-30-17(3)19-12-11-18(16(2)29-33-6)13-22(19)25(4,26)27/h8-13H,14H2,1-7H3,(H,28,32)/b29-16-,30-17+,31-23+. The summed E-state index contributed by atoms with van der Waals surface area (Å²) < 4.78 is 28.9. The molecule has 0 aliphatic rings. The maximum absolute atomic E-state index is 14.4. The normalized spacial score (nSPS) is 12.9. The van der Waals surface area contributed by atoms with E-state index in [2.05, 4.69) is 20.8 Å². The molecular formula is C25H30F2N4O4. The number of carbonyl (C=O) groups excluding carboxylic acids is 1. The average Bonchev–Trinajstić information content (AvgIpc) is 2.82. The molecule has 0 aliphatic carbocycles. The topological polar surface area (TPSA) is 93.9 Å². The molecule has 0 aliphatic heterocycles. The molecule has 2 aromatic rings. The minimum absolute atomic E-state index is 0.0192. The van der Waals surface area contributed by atoms with Crippen LogP contribution in [0.3, 0.4) is 0 Å². The third kappa shape index (κ3) is 6.84. The van der Waals surface area contributed by atoms with Gasteiger partial charge in [0.15, 0.2) is 5.71 Å². The molecule has 35 heavy (non-hydrogen) atoms. The van der Waals surface area contributed by atoms with Gasteiger partial charge < -0.3 is 19.8 Å². The Bertz CT molecular complexity index is 1150. The van der Waals surface area contributed by atoms with Crippen molar-refractivity contribution in [2.45, 2.75) is 40.2 Å². The van der Waals surface area contributed by atoms with E-state index in [0.29, 0.717) is 22.4 Å². The molecule has 0 aromatic heterocycles. The molecule has 1 N–H and O–H groups in total. The van der Waals surface area contributed by atoms with E-state index in [1.165, 1.54) is 27.3 Å². The monoisotopic (exact) mass is 488 g/mol. The van der Waals surface area contributed by atoms with E-state index in [4.69, 9.17) is 14.5 Å². The molecule has 2 aromatic carbocycles. The predicted octanol–water partition coefficient (Wildman–Crippen LogP) is 4.51. The Kier molecular flexibility index (Phi) is 9.44. The second-order valence-corrected chi connectivity index (χ2v) is 7.76. The molecule has 0 radical (unpaired) electrons. The highest BCUT2D eigenvalue weighted by Crippen LogP contribution is 2.31. The van der Waals surface area contributed by atoms with Gasteiger partial charge in [-0.25, -0.2) is 8.78 Å². The first kappa shape index (κ1) is 27.4. The van der Waals surface area contributed by atoms with Crippen molar-refractivity contribution in [3.05, 3.63) is 69.8 Å². The summed E-state index contributed by atoms with van der Waals surface area (Å²) in [6.07, 6.45) is 0. The Hall–Kier alpha value is -3.82. The average molecular weight is 489 g/mol. The van der Waals surface area contributed by atoms with Gasteiger partial charge in [-0.15, -0.1) is 0 Å². The van der Waals surface area contributed by atoms with E-state index >= 15 is 0 Å². The summed E-state index contributed by atoms with van der Waals surface area (Å²) in [4.78, 5) is 27.4. The minimum atomic E-state index is -3.13. The van der Waals surface area contributed by atoms with Crippen molar-refractivity contribution in [3.8, 4) is 0 Å². The zero-order chi connectivity index (χ0) is 26.2. The summed E-state index contributed by atoms with van der Waals surface area (Å²) in [6.45, 7) is 5.91. The molecule has 2 rings (SSSR count). The van der Waals surface area contributed by atoms with Gasteiger partial charge in [-0.05, 0) is 38.0 Å². The highest BCUT2D eigenvalue weighted by Gasteiger charge is 2.29. The Labute approximate surface area is 203 Å². The molecule has 0 heterocycles. The van der Waals surface area contributed by atoms with Crippen LogP contribution in [0.1, 0.15) is 54.2 Å². The van der Waals surface area contributed by atoms with Gasteiger partial charge >= 0.3 is 0 Å². The number of rotatable bonds is 10. The largest absolute Gasteiger partial charge is 0.399 e. The maximum Gasteiger partial charge on any atom is 0.273 e. The lowest BCUT2D eigenvalue weighted by Crippen LogP contribution is -2.29. The van der Waals surface area contributed by atoms with Gasteiger partial charge in [0.1, 0.15) is 20.8 Å². The lowest BCUT2D eigenvalue weighted by Gasteiger charge is -2.17. The fraction of sp³-hybridized carbons (Fsp3) is 0.360. The van der Waals surface area contributed by atoms with Crippen molar-refractivity contribution in [1.82, 2.24) is 5.32 Å². The fourth-order valence-corrected chi connectivity index (χ4v) is 3.42. The smallest absolute Gasteiger partial charge is 0.273 e. The number of benzene rings is 2. The van der Waals surface area contributed by atoms with E-state index in [1.54, 1.807) is 38.1 Å². The molecule has 0 atom stereocenters. The number of nitrogens with zero attached hydrogens (tertiary/aromatic N) is 3. The number of aryl methyl sites for hydroxylation is 1. The van der Waals surface area contributed by atoms with Crippen LogP contribution in [0, 0.1) is 6.92 Å². The molecule has 8 nitrogen and oxygen atoms in total. The molecule has 0 fully saturated rings. The summed E-state index contributed by atoms with van der Waals surface area (Å²) in [7, 11) is 4.22. The van der Waals surface area contributed by atoms with Gasteiger partial charge in [0, 0.05) is 36.2 Å². The van der Waals surface area contributed by atoms with Crippen LogP contribution < -0.4 is 5.32 Å². The number of oxime groups is 3. The van der Waals surface area contributed by atoms with Crippen LogP contribution in [0.4, 0.5) is 8.78 Å². The van der Waals surface area contributed by atoms with Gasteiger partial charge in [0.05, 0.1) is 11.4 Å². The van der Waals surface area contributed by atoms with E-state index in [1.807, 2.05) is 13.0 Å². The van der Waals surface area contributed by atoms with Gasteiger partial charge in [-0.2, -0.15) is 0 Å². The summed E-state index contributed by atoms with van der Waals surface area (Å²) in [5, 5.41) is 14.3. The molecule has 0 saturated heterocycles. The van der Waals surface area contributed by atoms with Crippen LogP contribution in [0.2, 0.25) is 0 Å². The van der Waals surface area contributed by atoms with Gasteiger partial charge in [-0.3, -0.25) is 4.79 Å². The van der Waals surface area contributed by atoms with Gasteiger partial charge in [-0.1, -0.05) is 45.8 Å². The van der Waals surface area contributed by atoms with Crippen molar-refractivity contribution in [1.29, 1.82) is 0 Å². The second-order valence-electron chi connectivity index (χ2n) is 7.76.